The predicted octanol–water partition coefficient (Wildman–Crippen LogP) is 3.04. The minimum atomic E-state index is 0.255. The van der Waals surface area contributed by atoms with Gasteiger partial charge in [-0.25, -0.2) is 0 Å². The summed E-state index contributed by atoms with van der Waals surface area (Å²) in [6.07, 6.45) is 11.2. The van der Waals surface area contributed by atoms with Gasteiger partial charge in [-0.1, -0.05) is 18.1 Å². The number of methoxy groups -OCH3 is 1. The summed E-state index contributed by atoms with van der Waals surface area (Å²) in [5, 5.41) is 3.83. The third-order valence-electron chi connectivity index (χ3n) is 7.31. The van der Waals surface area contributed by atoms with Crippen LogP contribution in [0, 0.1) is 11.8 Å². The summed E-state index contributed by atoms with van der Waals surface area (Å²) in [6.45, 7) is 3.31. The lowest BCUT2D eigenvalue weighted by molar-refractivity contribution is -0.136. The number of amides is 1. The van der Waals surface area contributed by atoms with Crippen LogP contribution in [0.5, 0.6) is 5.88 Å². The van der Waals surface area contributed by atoms with Gasteiger partial charge in [0.1, 0.15) is 5.76 Å². The van der Waals surface area contributed by atoms with Crippen LogP contribution in [-0.4, -0.2) is 59.7 Å². The first kappa shape index (κ1) is 18.2. The van der Waals surface area contributed by atoms with Gasteiger partial charge in [-0.2, -0.15) is 0 Å². The molecular weight excluding hydrogens is 354 g/mol. The predicted molar refractivity (Wildman–Crippen MR) is 105 cm³/mol. The average molecular weight is 386 g/mol. The lowest BCUT2D eigenvalue weighted by Crippen LogP contribution is -2.60. The van der Waals surface area contributed by atoms with Crippen LogP contribution in [-0.2, 0) is 11.2 Å². The van der Waals surface area contributed by atoms with Crippen LogP contribution in [0.1, 0.15) is 50.7 Å². The molecule has 152 valence electrons. The highest BCUT2D eigenvalue weighted by atomic mass is 16.5. The molecule has 0 saturated carbocycles. The van der Waals surface area contributed by atoms with E-state index in [-0.39, 0.29) is 5.91 Å². The SMILES string of the molecule is COc1cc(CCC(=O)N2CCCC3=C[C@@H]4C[C@@H](CN5CCCCC45)C32)on1. The summed E-state index contributed by atoms with van der Waals surface area (Å²) in [5.41, 5.74) is 1.55. The summed E-state index contributed by atoms with van der Waals surface area (Å²) in [6, 6.07) is 2.85. The molecule has 3 saturated heterocycles. The molecule has 28 heavy (non-hydrogen) atoms. The number of likely N-dealkylation sites (tertiary alicyclic amines) is 1. The molecule has 4 atom stereocenters. The van der Waals surface area contributed by atoms with E-state index in [4.69, 9.17) is 9.26 Å². The third-order valence-corrected chi connectivity index (χ3v) is 7.31. The standard InChI is InChI=1S/C22H31N3O3/c1-27-20-13-18(28-23-20)7-8-21(26)25-10-4-5-15-11-16-12-17(22(15)25)14-24-9-3-2-6-19(16)24/h11,13,16-17,19,22H,2-10,12,14H2,1H3/t16-,17+,19?,22?/m1/s1. The van der Waals surface area contributed by atoms with Crippen molar-refractivity contribution in [1.82, 2.24) is 15.0 Å². The Morgan fingerprint density at radius 1 is 1.32 bits per heavy atom. The lowest BCUT2D eigenvalue weighted by atomic mass is 9.68. The van der Waals surface area contributed by atoms with Gasteiger partial charge in [0.15, 0.2) is 0 Å². The van der Waals surface area contributed by atoms with Gasteiger partial charge in [0.25, 0.3) is 5.88 Å². The molecule has 1 aliphatic carbocycles. The van der Waals surface area contributed by atoms with Crippen molar-refractivity contribution in [1.29, 1.82) is 0 Å². The number of aryl methyl sites for hydroxylation is 1. The molecule has 3 fully saturated rings. The summed E-state index contributed by atoms with van der Waals surface area (Å²) in [5.74, 6) is 2.76. The molecule has 5 rings (SSSR count). The normalized spacial score (nSPS) is 32.3. The van der Waals surface area contributed by atoms with Crippen molar-refractivity contribution < 1.29 is 14.1 Å². The second-order valence-electron chi connectivity index (χ2n) is 8.93. The Morgan fingerprint density at radius 2 is 2.25 bits per heavy atom. The van der Waals surface area contributed by atoms with E-state index in [0.29, 0.717) is 36.6 Å². The summed E-state index contributed by atoms with van der Waals surface area (Å²) in [4.78, 5) is 18.1. The minimum absolute atomic E-state index is 0.255. The number of aromatic nitrogens is 1. The first-order valence-electron chi connectivity index (χ1n) is 11.0. The number of nitrogens with zero attached hydrogens (tertiary/aromatic N) is 3. The first-order valence-corrected chi connectivity index (χ1v) is 11.0. The highest BCUT2D eigenvalue weighted by Gasteiger charge is 2.46. The molecule has 6 nitrogen and oxygen atoms in total. The van der Waals surface area contributed by atoms with Crippen LogP contribution in [0.3, 0.4) is 0 Å². The maximum Gasteiger partial charge on any atom is 0.254 e. The van der Waals surface area contributed by atoms with Crippen molar-refractivity contribution in [2.24, 2.45) is 11.8 Å². The summed E-state index contributed by atoms with van der Waals surface area (Å²) in [7, 11) is 1.57. The fraction of sp³-hybridized carbons (Fsp3) is 0.727. The molecule has 2 bridgehead atoms. The Balaban J connectivity index is 1.30. The number of rotatable bonds is 4. The van der Waals surface area contributed by atoms with E-state index in [1.54, 1.807) is 18.7 Å². The van der Waals surface area contributed by atoms with Crippen molar-refractivity contribution >= 4 is 5.91 Å². The van der Waals surface area contributed by atoms with Gasteiger partial charge in [-0.3, -0.25) is 9.69 Å². The van der Waals surface area contributed by atoms with E-state index in [9.17, 15) is 4.79 Å². The number of ether oxygens (including phenoxy) is 1. The number of fused-ring (bicyclic) bond motifs is 6. The quantitative estimate of drug-likeness (QED) is 0.746. The van der Waals surface area contributed by atoms with Gasteiger partial charge in [0, 0.05) is 38.0 Å². The Kier molecular flexibility index (Phi) is 4.91. The number of hydrogen-bond donors (Lipinski definition) is 0. The zero-order valence-corrected chi connectivity index (χ0v) is 16.8. The monoisotopic (exact) mass is 385 g/mol. The molecule has 0 aromatic carbocycles. The Bertz CT molecular complexity index is 758. The minimum Gasteiger partial charge on any atom is -0.479 e. The average Bonchev–Trinajstić information content (AvgIpc) is 3.20. The number of hydrogen-bond acceptors (Lipinski definition) is 5. The number of piperidine rings is 3. The van der Waals surface area contributed by atoms with Crippen molar-refractivity contribution in [2.75, 3.05) is 26.7 Å². The maximum absolute atomic E-state index is 13.1. The van der Waals surface area contributed by atoms with Gasteiger partial charge < -0.3 is 14.2 Å². The van der Waals surface area contributed by atoms with Crippen molar-refractivity contribution in [3.05, 3.63) is 23.5 Å². The molecule has 1 amide bonds. The van der Waals surface area contributed by atoms with Crippen molar-refractivity contribution in [3.8, 4) is 5.88 Å². The highest BCUT2D eigenvalue weighted by Crippen LogP contribution is 2.45. The fourth-order valence-corrected chi connectivity index (χ4v) is 6.13. The Labute approximate surface area is 166 Å². The molecule has 6 heteroatoms. The molecule has 1 aromatic heterocycles. The van der Waals surface area contributed by atoms with Gasteiger partial charge in [-0.15, -0.1) is 0 Å². The molecular formula is C22H31N3O3. The third kappa shape index (κ3) is 3.25. The van der Waals surface area contributed by atoms with Crippen LogP contribution in [0.2, 0.25) is 0 Å². The van der Waals surface area contributed by atoms with Crippen molar-refractivity contribution in [2.45, 2.75) is 63.5 Å². The largest absolute Gasteiger partial charge is 0.479 e. The van der Waals surface area contributed by atoms with E-state index >= 15 is 0 Å². The summed E-state index contributed by atoms with van der Waals surface area (Å²) >= 11 is 0. The molecule has 4 aliphatic rings. The molecule has 4 heterocycles. The first-order chi connectivity index (χ1) is 13.7. The van der Waals surface area contributed by atoms with E-state index in [0.717, 1.165) is 24.8 Å². The zero-order valence-electron chi connectivity index (χ0n) is 16.8. The van der Waals surface area contributed by atoms with Crippen LogP contribution < -0.4 is 4.74 Å². The van der Waals surface area contributed by atoms with Crippen molar-refractivity contribution in [3.63, 3.8) is 0 Å². The van der Waals surface area contributed by atoms with E-state index in [1.165, 1.54) is 45.2 Å². The highest BCUT2D eigenvalue weighted by molar-refractivity contribution is 5.77. The van der Waals surface area contributed by atoms with E-state index in [2.05, 4.69) is 21.0 Å². The molecule has 0 radical (unpaired) electrons. The molecule has 0 spiro atoms. The van der Waals surface area contributed by atoms with Crippen LogP contribution in [0.4, 0.5) is 0 Å². The van der Waals surface area contributed by atoms with Gasteiger partial charge in [-0.05, 0) is 55.6 Å². The van der Waals surface area contributed by atoms with Gasteiger partial charge in [0.05, 0.1) is 13.2 Å². The van der Waals surface area contributed by atoms with Gasteiger partial charge >= 0.3 is 0 Å². The maximum atomic E-state index is 13.1. The fourth-order valence-electron chi connectivity index (χ4n) is 6.13. The number of carbonyl (C=O) groups excluding carboxylic acids is 1. The smallest absolute Gasteiger partial charge is 0.254 e. The molecule has 0 N–H and O–H groups in total. The second kappa shape index (κ2) is 7.54. The topological polar surface area (TPSA) is 58.8 Å². The Morgan fingerprint density at radius 3 is 3.11 bits per heavy atom. The second-order valence-corrected chi connectivity index (χ2v) is 8.93. The lowest BCUT2D eigenvalue weighted by Gasteiger charge is -2.54. The van der Waals surface area contributed by atoms with Crippen LogP contribution in [0.15, 0.2) is 22.2 Å². The molecule has 2 unspecified atom stereocenters. The van der Waals surface area contributed by atoms with Crippen LogP contribution >= 0.6 is 0 Å². The zero-order chi connectivity index (χ0) is 19.1. The van der Waals surface area contributed by atoms with Gasteiger partial charge in [0.2, 0.25) is 5.91 Å². The molecule has 3 aliphatic heterocycles. The van der Waals surface area contributed by atoms with Crippen LogP contribution in [0.25, 0.3) is 0 Å². The number of carbonyl (C=O) groups is 1. The summed E-state index contributed by atoms with van der Waals surface area (Å²) < 4.78 is 10.3. The van der Waals surface area contributed by atoms with E-state index < -0.39 is 0 Å². The Hall–Kier alpha value is -1.82. The molecule has 1 aromatic rings. The van der Waals surface area contributed by atoms with E-state index in [1.807, 2.05) is 0 Å².